The van der Waals surface area contributed by atoms with Crippen LogP contribution < -0.4 is 4.90 Å². The summed E-state index contributed by atoms with van der Waals surface area (Å²) in [4.78, 5) is 1.77. The number of rotatable bonds is 2. The molecular weight excluding hydrogens is 227 g/mol. The fourth-order valence-electron chi connectivity index (χ4n) is 1.82. The first-order valence-corrected chi connectivity index (χ1v) is 5.62. The lowest BCUT2D eigenvalue weighted by Gasteiger charge is -2.20. The predicted octanol–water partition coefficient (Wildman–Crippen LogP) is 3.77. The van der Waals surface area contributed by atoms with Gasteiger partial charge in [-0.15, -0.1) is 0 Å². The Morgan fingerprint density at radius 1 is 1.17 bits per heavy atom. The highest BCUT2D eigenvalue weighted by Crippen LogP contribution is 2.27. The lowest BCUT2D eigenvalue weighted by Crippen LogP contribution is -2.11. The minimum absolute atomic E-state index is 0.328. The molecule has 0 aliphatic carbocycles. The molecule has 90 valence electrons. The van der Waals surface area contributed by atoms with E-state index in [1.54, 1.807) is 24.1 Å². The van der Waals surface area contributed by atoms with Gasteiger partial charge in [0.05, 0.1) is 17.3 Å². The molecule has 0 bridgehead atoms. The summed E-state index contributed by atoms with van der Waals surface area (Å²) in [6.45, 7) is 1.99. The normalized spacial score (nSPS) is 9.89. The van der Waals surface area contributed by atoms with Gasteiger partial charge in [0, 0.05) is 12.7 Å². The van der Waals surface area contributed by atoms with E-state index in [1.807, 2.05) is 37.3 Å². The van der Waals surface area contributed by atoms with Gasteiger partial charge in [0.25, 0.3) is 0 Å². The maximum atomic E-state index is 13.9. The topological polar surface area (TPSA) is 27.0 Å². The zero-order valence-corrected chi connectivity index (χ0v) is 10.3. The van der Waals surface area contributed by atoms with E-state index in [9.17, 15) is 4.39 Å². The summed E-state index contributed by atoms with van der Waals surface area (Å²) < 4.78 is 13.9. The van der Waals surface area contributed by atoms with Crippen LogP contribution in [0.5, 0.6) is 0 Å². The van der Waals surface area contributed by atoms with Gasteiger partial charge >= 0.3 is 0 Å². The van der Waals surface area contributed by atoms with Gasteiger partial charge in [-0.25, -0.2) is 4.39 Å². The maximum absolute atomic E-state index is 13.9. The van der Waals surface area contributed by atoms with Gasteiger partial charge in [-0.3, -0.25) is 0 Å². The highest BCUT2D eigenvalue weighted by molar-refractivity contribution is 5.64. The SMILES string of the molecule is Cc1cccc(N(C)c2ccc(C#N)cc2F)c1. The molecule has 0 unspecified atom stereocenters. The molecule has 0 radical (unpaired) electrons. The first-order valence-electron chi connectivity index (χ1n) is 5.62. The molecule has 0 atom stereocenters. The van der Waals surface area contributed by atoms with Crippen molar-refractivity contribution >= 4 is 11.4 Å². The monoisotopic (exact) mass is 240 g/mol. The van der Waals surface area contributed by atoms with E-state index in [2.05, 4.69) is 0 Å². The van der Waals surface area contributed by atoms with Gasteiger partial charge in [-0.1, -0.05) is 12.1 Å². The van der Waals surface area contributed by atoms with Gasteiger partial charge in [-0.2, -0.15) is 5.26 Å². The van der Waals surface area contributed by atoms with Crippen LogP contribution in [0.2, 0.25) is 0 Å². The van der Waals surface area contributed by atoms with E-state index in [4.69, 9.17) is 5.26 Å². The molecule has 0 amide bonds. The van der Waals surface area contributed by atoms with Crippen LogP contribution in [0.3, 0.4) is 0 Å². The summed E-state index contributed by atoms with van der Waals surface area (Å²) in [6, 6.07) is 14.2. The van der Waals surface area contributed by atoms with Crippen LogP contribution in [-0.4, -0.2) is 7.05 Å². The van der Waals surface area contributed by atoms with Gasteiger partial charge in [-0.05, 0) is 42.8 Å². The van der Waals surface area contributed by atoms with Crippen molar-refractivity contribution in [2.45, 2.75) is 6.92 Å². The van der Waals surface area contributed by atoms with Gasteiger partial charge in [0.1, 0.15) is 5.82 Å². The van der Waals surface area contributed by atoms with Crippen molar-refractivity contribution in [2.75, 3.05) is 11.9 Å². The van der Waals surface area contributed by atoms with E-state index >= 15 is 0 Å². The third-order valence-corrected chi connectivity index (χ3v) is 2.83. The number of hydrogen-bond donors (Lipinski definition) is 0. The molecule has 0 aliphatic rings. The molecule has 0 spiro atoms. The van der Waals surface area contributed by atoms with Crippen LogP contribution in [0, 0.1) is 24.1 Å². The molecule has 2 aromatic carbocycles. The summed E-state index contributed by atoms with van der Waals surface area (Å²) >= 11 is 0. The number of anilines is 2. The number of halogens is 1. The molecule has 0 aromatic heterocycles. The van der Waals surface area contributed by atoms with Crippen molar-refractivity contribution in [1.82, 2.24) is 0 Å². The molecule has 2 aromatic rings. The zero-order chi connectivity index (χ0) is 13.1. The van der Waals surface area contributed by atoms with Crippen LogP contribution in [0.15, 0.2) is 42.5 Å². The largest absolute Gasteiger partial charge is 0.342 e. The van der Waals surface area contributed by atoms with Gasteiger partial charge in [0.2, 0.25) is 0 Å². The smallest absolute Gasteiger partial charge is 0.148 e. The maximum Gasteiger partial charge on any atom is 0.148 e. The van der Waals surface area contributed by atoms with Crippen molar-refractivity contribution in [2.24, 2.45) is 0 Å². The number of nitriles is 1. The van der Waals surface area contributed by atoms with Crippen molar-refractivity contribution in [3.05, 3.63) is 59.4 Å². The third kappa shape index (κ3) is 2.33. The molecule has 0 N–H and O–H groups in total. The van der Waals surface area contributed by atoms with Crippen LogP contribution in [0.25, 0.3) is 0 Å². The quantitative estimate of drug-likeness (QED) is 0.798. The lowest BCUT2D eigenvalue weighted by molar-refractivity contribution is 0.627. The summed E-state index contributed by atoms with van der Waals surface area (Å²) in [5, 5.41) is 8.71. The van der Waals surface area contributed by atoms with Crippen molar-refractivity contribution in [1.29, 1.82) is 5.26 Å². The first kappa shape index (κ1) is 12.1. The standard InChI is InChI=1S/C15H13FN2/c1-11-4-3-5-13(8-11)18(2)15-7-6-12(10-17)9-14(15)16/h3-9H,1-2H3. The summed E-state index contributed by atoms with van der Waals surface area (Å²) in [6.07, 6.45) is 0. The minimum Gasteiger partial charge on any atom is -0.342 e. The Labute approximate surface area is 106 Å². The second kappa shape index (κ2) is 4.89. The molecular formula is C15H13FN2. The molecule has 2 rings (SSSR count). The average Bonchev–Trinajstić information content (AvgIpc) is 2.37. The van der Waals surface area contributed by atoms with Crippen LogP contribution in [0.1, 0.15) is 11.1 Å². The molecule has 0 fully saturated rings. The van der Waals surface area contributed by atoms with E-state index in [-0.39, 0.29) is 0 Å². The molecule has 0 heterocycles. The fraction of sp³-hybridized carbons (Fsp3) is 0.133. The molecule has 2 nitrogen and oxygen atoms in total. The Hall–Kier alpha value is -2.34. The fourth-order valence-corrected chi connectivity index (χ4v) is 1.82. The van der Waals surface area contributed by atoms with Crippen molar-refractivity contribution in [3.8, 4) is 6.07 Å². The van der Waals surface area contributed by atoms with Gasteiger partial charge < -0.3 is 4.90 Å². The van der Waals surface area contributed by atoms with E-state index < -0.39 is 5.82 Å². The Morgan fingerprint density at radius 3 is 2.56 bits per heavy atom. The molecule has 0 saturated heterocycles. The Bertz CT molecular complexity index is 614. The summed E-state index contributed by atoms with van der Waals surface area (Å²) in [5.41, 5.74) is 2.82. The summed E-state index contributed by atoms with van der Waals surface area (Å²) in [7, 11) is 1.80. The highest BCUT2D eigenvalue weighted by atomic mass is 19.1. The van der Waals surface area contributed by atoms with Crippen molar-refractivity contribution in [3.63, 3.8) is 0 Å². The third-order valence-electron chi connectivity index (χ3n) is 2.83. The van der Waals surface area contributed by atoms with Crippen LogP contribution >= 0.6 is 0 Å². The lowest BCUT2D eigenvalue weighted by atomic mass is 10.1. The molecule has 0 saturated carbocycles. The number of benzene rings is 2. The van der Waals surface area contributed by atoms with E-state index in [0.717, 1.165) is 11.3 Å². The number of aryl methyl sites for hydroxylation is 1. The Kier molecular flexibility index (Phi) is 3.29. The van der Waals surface area contributed by atoms with Crippen molar-refractivity contribution < 1.29 is 4.39 Å². The second-order valence-electron chi connectivity index (χ2n) is 4.18. The van der Waals surface area contributed by atoms with Gasteiger partial charge in [0.15, 0.2) is 0 Å². The number of nitrogens with zero attached hydrogens (tertiary/aromatic N) is 2. The van der Waals surface area contributed by atoms with E-state index in [1.165, 1.54) is 6.07 Å². The number of hydrogen-bond acceptors (Lipinski definition) is 2. The average molecular weight is 240 g/mol. The van der Waals surface area contributed by atoms with Crippen LogP contribution in [0.4, 0.5) is 15.8 Å². The predicted molar refractivity (Wildman–Crippen MR) is 70.4 cm³/mol. The molecule has 18 heavy (non-hydrogen) atoms. The summed E-state index contributed by atoms with van der Waals surface area (Å²) in [5.74, 6) is -0.391. The highest BCUT2D eigenvalue weighted by Gasteiger charge is 2.10. The Balaban J connectivity index is 2.40. The molecule has 3 heteroatoms. The minimum atomic E-state index is -0.391. The zero-order valence-electron chi connectivity index (χ0n) is 10.3. The van der Waals surface area contributed by atoms with Crippen LogP contribution in [-0.2, 0) is 0 Å². The molecule has 0 aliphatic heterocycles. The van der Waals surface area contributed by atoms with E-state index in [0.29, 0.717) is 11.3 Å². The Morgan fingerprint density at radius 2 is 1.94 bits per heavy atom. The second-order valence-corrected chi connectivity index (χ2v) is 4.18. The first-order chi connectivity index (χ1) is 8.61.